The second-order valence-electron chi connectivity index (χ2n) is 6.66. The number of rotatable bonds is 10. The average Bonchev–Trinajstić information content (AvgIpc) is 3.19. The van der Waals surface area contributed by atoms with E-state index in [9.17, 15) is 4.79 Å². The maximum absolute atomic E-state index is 12.4. The summed E-state index contributed by atoms with van der Waals surface area (Å²) in [6.07, 6.45) is 0. The van der Waals surface area contributed by atoms with Gasteiger partial charge >= 0.3 is 0 Å². The molecule has 0 aliphatic heterocycles. The molecule has 0 saturated heterocycles. The van der Waals surface area contributed by atoms with Crippen LogP contribution in [0.2, 0.25) is 0 Å². The van der Waals surface area contributed by atoms with Crippen LogP contribution in [0.5, 0.6) is 17.2 Å². The summed E-state index contributed by atoms with van der Waals surface area (Å²) in [5.74, 6) is 7.96. The van der Waals surface area contributed by atoms with Crippen molar-refractivity contribution in [3.8, 4) is 17.2 Å². The minimum absolute atomic E-state index is 0.0704. The molecule has 0 aliphatic carbocycles. The predicted molar refractivity (Wildman–Crippen MR) is 128 cm³/mol. The molecule has 0 fully saturated rings. The van der Waals surface area contributed by atoms with Gasteiger partial charge in [-0.1, -0.05) is 23.9 Å². The normalized spacial score (nSPS) is 11.1. The molecular weight excluding hydrogens is 446 g/mol. The highest BCUT2D eigenvalue weighted by atomic mass is 32.2. The van der Waals surface area contributed by atoms with E-state index >= 15 is 0 Å². The van der Waals surface area contributed by atoms with Crippen LogP contribution < -0.4 is 30.8 Å². The molecule has 1 heterocycles. The number of benzene rings is 2. The second kappa shape index (κ2) is 11.1. The summed E-state index contributed by atoms with van der Waals surface area (Å²) in [6, 6.07) is 12.6. The molecule has 0 spiro atoms. The molecule has 1 amide bonds. The zero-order chi connectivity index (χ0) is 23.8. The van der Waals surface area contributed by atoms with Gasteiger partial charge in [0.15, 0.2) is 0 Å². The van der Waals surface area contributed by atoms with Crippen molar-refractivity contribution in [3.05, 3.63) is 48.0 Å². The van der Waals surface area contributed by atoms with E-state index in [1.165, 1.54) is 18.9 Å². The lowest BCUT2D eigenvalue weighted by molar-refractivity contribution is -0.113. The average molecular weight is 472 g/mol. The van der Waals surface area contributed by atoms with E-state index < -0.39 is 0 Å². The summed E-state index contributed by atoms with van der Waals surface area (Å²) in [4.78, 5) is 12.4. The summed E-state index contributed by atoms with van der Waals surface area (Å²) in [5.41, 5.74) is 4.93. The number of nitrogens with two attached hydrogens (primary N) is 1. The number of aromatic nitrogens is 3. The van der Waals surface area contributed by atoms with Crippen molar-refractivity contribution in [2.75, 3.05) is 43.7 Å². The lowest BCUT2D eigenvalue weighted by Crippen LogP contribution is -2.17. The minimum atomic E-state index is -0.250. The topological polar surface area (TPSA) is 138 Å². The van der Waals surface area contributed by atoms with Crippen LogP contribution in [0.1, 0.15) is 12.5 Å². The Balaban J connectivity index is 1.59. The monoisotopic (exact) mass is 471 g/mol. The zero-order valence-corrected chi connectivity index (χ0v) is 19.5. The number of amides is 1. The zero-order valence-electron chi connectivity index (χ0n) is 18.7. The molecule has 3 aromatic rings. The molecule has 33 heavy (non-hydrogen) atoms. The molecule has 0 unspecified atom stereocenters. The Morgan fingerprint density at radius 1 is 1.06 bits per heavy atom. The second-order valence-corrected chi connectivity index (χ2v) is 7.60. The van der Waals surface area contributed by atoms with E-state index in [2.05, 4.69) is 26.0 Å². The predicted octanol–water partition coefficient (Wildman–Crippen LogP) is 2.58. The third kappa shape index (κ3) is 6.29. The number of ether oxygens (including phenoxy) is 3. The molecule has 0 aliphatic rings. The Morgan fingerprint density at radius 2 is 1.76 bits per heavy atom. The van der Waals surface area contributed by atoms with Crippen LogP contribution in [0.15, 0.2) is 52.7 Å². The van der Waals surface area contributed by atoms with Crippen molar-refractivity contribution in [2.24, 2.45) is 5.10 Å². The van der Waals surface area contributed by atoms with Gasteiger partial charge in [0.05, 0.1) is 32.8 Å². The quantitative estimate of drug-likeness (QED) is 0.176. The SMILES string of the molecule is COc1cc(NC(=O)CSc2nnc(N/N=C(\C)c3cccc(OC)c3)n2N)cc(OC)c1. The molecular formula is C21H25N7O4S. The van der Waals surface area contributed by atoms with Gasteiger partial charge in [0.2, 0.25) is 11.1 Å². The third-order valence-electron chi connectivity index (χ3n) is 4.44. The Morgan fingerprint density at radius 3 is 2.42 bits per heavy atom. The molecule has 0 atom stereocenters. The molecule has 12 heteroatoms. The van der Waals surface area contributed by atoms with Gasteiger partial charge < -0.3 is 25.4 Å². The van der Waals surface area contributed by atoms with Crippen LogP contribution in [0.25, 0.3) is 0 Å². The molecule has 2 aromatic carbocycles. The summed E-state index contributed by atoms with van der Waals surface area (Å²) in [6.45, 7) is 1.84. The standard InChI is InChI=1S/C21H25N7O4S/c1-13(14-6-5-7-16(8-14)30-2)24-25-20-26-27-21(28(20)22)33-12-19(29)23-15-9-17(31-3)11-18(10-15)32-4/h5-11H,12,22H2,1-4H3,(H,23,29)(H,25,26)/b24-13+. The van der Waals surface area contributed by atoms with E-state index in [-0.39, 0.29) is 17.6 Å². The van der Waals surface area contributed by atoms with Crippen molar-refractivity contribution in [2.45, 2.75) is 12.1 Å². The summed E-state index contributed by atoms with van der Waals surface area (Å²) in [7, 11) is 4.68. The number of nitrogen functional groups attached to an aromatic ring is 1. The van der Waals surface area contributed by atoms with Crippen molar-refractivity contribution in [3.63, 3.8) is 0 Å². The summed E-state index contributed by atoms with van der Waals surface area (Å²) >= 11 is 1.14. The first-order chi connectivity index (χ1) is 15.9. The lowest BCUT2D eigenvalue weighted by Gasteiger charge is -2.09. The third-order valence-corrected chi connectivity index (χ3v) is 5.39. The fourth-order valence-electron chi connectivity index (χ4n) is 2.71. The Hall–Kier alpha value is -3.93. The van der Waals surface area contributed by atoms with E-state index in [1.807, 2.05) is 31.2 Å². The molecule has 1 aromatic heterocycles. The van der Waals surface area contributed by atoms with Crippen molar-refractivity contribution >= 4 is 35.0 Å². The van der Waals surface area contributed by atoms with Crippen LogP contribution in [-0.2, 0) is 4.79 Å². The number of methoxy groups -OCH3 is 3. The Kier molecular flexibility index (Phi) is 7.97. The van der Waals surface area contributed by atoms with Gasteiger partial charge in [-0.25, -0.2) is 10.1 Å². The van der Waals surface area contributed by atoms with Crippen molar-refractivity contribution in [1.29, 1.82) is 0 Å². The largest absolute Gasteiger partial charge is 0.497 e. The Labute approximate surface area is 195 Å². The maximum Gasteiger partial charge on any atom is 0.264 e. The van der Waals surface area contributed by atoms with E-state index in [1.54, 1.807) is 25.3 Å². The first-order valence-electron chi connectivity index (χ1n) is 9.74. The number of carbonyl (C=O) groups is 1. The van der Waals surface area contributed by atoms with E-state index in [0.29, 0.717) is 28.1 Å². The number of thioether (sulfide) groups is 1. The fraction of sp³-hybridized carbons (Fsp3) is 0.238. The van der Waals surface area contributed by atoms with Crippen molar-refractivity contribution < 1.29 is 19.0 Å². The van der Waals surface area contributed by atoms with Crippen LogP contribution in [0.3, 0.4) is 0 Å². The van der Waals surface area contributed by atoms with Crippen LogP contribution in [-0.4, -0.2) is 53.6 Å². The number of carbonyl (C=O) groups excluding carboxylic acids is 1. The molecule has 3 rings (SSSR count). The molecule has 0 radical (unpaired) electrons. The van der Waals surface area contributed by atoms with Crippen LogP contribution >= 0.6 is 11.8 Å². The van der Waals surface area contributed by atoms with Gasteiger partial charge in [-0.05, 0) is 19.1 Å². The highest BCUT2D eigenvalue weighted by molar-refractivity contribution is 7.99. The molecule has 11 nitrogen and oxygen atoms in total. The molecule has 0 saturated carbocycles. The minimum Gasteiger partial charge on any atom is -0.497 e. The van der Waals surface area contributed by atoms with Gasteiger partial charge in [-0.2, -0.15) is 5.10 Å². The van der Waals surface area contributed by atoms with Gasteiger partial charge in [-0.3, -0.25) is 4.79 Å². The highest BCUT2D eigenvalue weighted by Gasteiger charge is 2.13. The van der Waals surface area contributed by atoms with Gasteiger partial charge in [0.1, 0.15) is 17.2 Å². The van der Waals surface area contributed by atoms with E-state index in [4.69, 9.17) is 20.1 Å². The summed E-state index contributed by atoms with van der Waals surface area (Å²) in [5, 5.41) is 15.4. The summed E-state index contributed by atoms with van der Waals surface area (Å²) < 4.78 is 16.9. The number of nitrogens with one attached hydrogen (secondary N) is 2. The molecule has 4 N–H and O–H groups in total. The van der Waals surface area contributed by atoms with Gasteiger partial charge in [0, 0.05) is 29.4 Å². The smallest absolute Gasteiger partial charge is 0.264 e. The fourth-order valence-corrected chi connectivity index (χ4v) is 3.36. The lowest BCUT2D eigenvalue weighted by atomic mass is 10.1. The first kappa shape index (κ1) is 23.7. The number of hydrogen-bond donors (Lipinski definition) is 3. The number of hydrazone groups is 1. The number of hydrogen-bond acceptors (Lipinski definition) is 10. The number of nitrogens with zero attached hydrogens (tertiary/aromatic N) is 4. The maximum atomic E-state index is 12.4. The Bertz CT molecular complexity index is 1130. The van der Waals surface area contributed by atoms with Gasteiger partial charge in [-0.15, -0.1) is 10.2 Å². The molecule has 0 bridgehead atoms. The highest BCUT2D eigenvalue weighted by Crippen LogP contribution is 2.26. The number of anilines is 2. The first-order valence-corrected chi connectivity index (χ1v) is 10.7. The van der Waals surface area contributed by atoms with Gasteiger partial charge in [0.25, 0.3) is 5.95 Å². The van der Waals surface area contributed by atoms with Crippen molar-refractivity contribution in [1.82, 2.24) is 14.9 Å². The van der Waals surface area contributed by atoms with Crippen LogP contribution in [0, 0.1) is 0 Å². The van der Waals surface area contributed by atoms with Crippen LogP contribution in [0.4, 0.5) is 11.6 Å². The molecule has 174 valence electrons. The van der Waals surface area contributed by atoms with E-state index in [0.717, 1.165) is 23.1 Å².